The van der Waals surface area contributed by atoms with Gasteiger partial charge in [-0.15, -0.1) is 0 Å². The van der Waals surface area contributed by atoms with Gasteiger partial charge in [0.1, 0.15) is 11.4 Å². The first-order chi connectivity index (χ1) is 12.9. The Morgan fingerprint density at radius 3 is 2.70 bits per heavy atom. The van der Waals surface area contributed by atoms with Gasteiger partial charge in [0.2, 0.25) is 11.4 Å². The fourth-order valence-electron chi connectivity index (χ4n) is 5.82. The van der Waals surface area contributed by atoms with E-state index in [1.54, 1.807) is 0 Å². The normalized spacial score (nSPS) is 26.0. The van der Waals surface area contributed by atoms with Crippen LogP contribution in [0, 0.1) is 0 Å². The Morgan fingerprint density at radius 1 is 1.19 bits per heavy atom. The molecule has 0 aliphatic carbocycles. The molecule has 0 saturated heterocycles. The summed E-state index contributed by atoms with van der Waals surface area (Å²) in [5.41, 5.74) is 7.26. The predicted octanol–water partition coefficient (Wildman–Crippen LogP) is 6.30. The topological polar surface area (TPSA) is 12.2 Å². The number of benzene rings is 2. The highest BCUT2D eigenvalue weighted by Crippen LogP contribution is 2.53. The maximum atomic E-state index is 6.40. The molecule has 2 heteroatoms. The van der Waals surface area contributed by atoms with Crippen molar-refractivity contribution in [2.75, 3.05) is 0 Å². The van der Waals surface area contributed by atoms with E-state index in [4.69, 9.17) is 4.74 Å². The van der Waals surface area contributed by atoms with Gasteiger partial charge in [0.15, 0.2) is 5.54 Å². The summed E-state index contributed by atoms with van der Waals surface area (Å²) in [6, 6.07) is 9.23. The van der Waals surface area contributed by atoms with E-state index in [2.05, 4.69) is 69.5 Å². The van der Waals surface area contributed by atoms with Crippen molar-refractivity contribution in [1.29, 1.82) is 0 Å². The van der Waals surface area contributed by atoms with Gasteiger partial charge in [-0.3, -0.25) is 0 Å². The first-order valence-corrected chi connectivity index (χ1v) is 10.6. The van der Waals surface area contributed by atoms with Gasteiger partial charge < -0.3 is 4.74 Å². The monoisotopic (exact) mass is 360 g/mol. The minimum Gasteiger partial charge on any atom is -0.487 e. The summed E-state index contributed by atoms with van der Waals surface area (Å²) in [5.74, 6) is 1.11. The summed E-state index contributed by atoms with van der Waals surface area (Å²) in [5, 5.41) is 2.70. The fourth-order valence-corrected chi connectivity index (χ4v) is 5.82. The molecule has 3 aliphatic heterocycles. The van der Waals surface area contributed by atoms with E-state index in [1.807, 2.05) is 0 Å². The molecule has 3 heterocycles. The van der Waals surface area contributed by atoms with E-state index < -0.39 is 0 Å². The molecule has 0 spiro atoms. The average molecular weight is 361 g/mol. The second-order valence-electron chi connectivity index (χ2n) is 9.15. The van der Waals surface area contributed by atoms with E-state index in [1.165, 1.54) is 58.1 Å². The maximum Gasteiger partial charge on any atom is 0.217 e. The number of hydrogen-bond donors (Lipinski definition) is 0. The van der Waals surface area contributed by atoms with E-state index in [0.29, 0.717) is 0 Å². The van der Waals surface area contributed by atoms with Gasteiger partial charge in [0.05, 0.1) is 10.9 Å². The highest BCUT2D eigenvalue weighted by atomic mass is 16.5. The van der Waals surface area contributed by atoms with E-state index >= 15 is 0 Å². The predicted molar refractivity (Wildman–Crippen MR) is 113 cm³/mol. The molecule has 2 aromatic carbocycles. The fraction of sp³-hybridized carbons (Fsp3) is 0.480. The largest absolute Gasteiger partial charge is 0.487 e. The molecule has 0 amide bonds. The molecule has 5 rings (SSSR count). The van der Waals surface area contributed by atoms with Gasteiger partial charge in [0.25, 0.3) is 0 Å². The van der Waals surface area contributed by atoms with Crippen molar-refractivity contribution in [3.63, 3.8) is 0 Å². The molecule has 2 aromatic rings. The molecule has 0 aromatic heterocycles. The van der Waals surface area contributed by atoms with Crippen LogP contribution in [0.5, 0.6) is 5.75 Å². The van der Waals surface area contributed by atoms with Gasteiger partial charge in [-0.2, -0.15) is 4.58 Å². The SMILES string of the molecule is C/C=C1\CC(CC)(CCC)[N+]2=C1c1cccc3c4c(cc2c13)CC(C)(C)O4. The molecular formula is C25H30NO+. The number of ether oxygens (including phenoxy) is 1. The third kappa shape index (κ3) is 2.10. The molecule has 0 bridgehead atoms. The smallest absolute Gasteiger partial charge is 0.217 e. The first-order valence-electron chi connectivity index (χ1n) is 10.6. The average Bonchev–Trinajstić information content (AvgIpc) is 3.25. The van der Waals surface area contributed by atoms with Crippen molar-refractivity contribution in [1.82, 2.24) is 0 Å². The van der Waals surface area contributed by atoms with Crippen LogP contribution in [0.1, 0.15) is 71.4 Å². The molecule has 0 fully saturated rings. The van der Waals surface area contributed by atoms with Crippen molar-refractivity contribution in [2.24, 2.45) is 0 Å². The van der Waals surface area contributed by atoms with Crippen LogP contribution in [-0.2, 0) is 6.42 Å². The molecule has 27 heavy (non-hydrogen) atoms. The molecule has 1 unspecified atom stereocenters. The molecule has 140 valence electrons. The molecule has 0 radical (unpaired) electrons. The number of rotatable bonds is 3. The summed E-state index contributed by atoms with van der Waals surface area (Å²) in [6.45, 7) is 11.3. The first kappa shape index (κ1) is 17.0. The highest BCUT2D eigenvalue weighted by Gasteiger charge is 2.54. The van der Waals surface area contributed by atoms with Crippen molar-refractivity contribution in [3.05, 3.63) is 47.0 Å². The van der Waals surface area contributed by atoms with Crippen LogP contribution in [0.15, 0.2) is 35.9 Å². The van der Waals surface area contributed by atoms with E-state index in [9.17, 15) is 0 Å². The molecule has 0 saturated carbocycles. The Morgan fingerprint density at radius 2 is 2.00 bits per heavy atom. The summed E-state index contributed by atoms with van der Waals surface area (Å²) in [6.07, 6.45) is 8.12. The molecule has 1 atom stereocenters. The molecule has 2 nitrogen and oxygen atoms in total. The lowest BCUT2D eigenvalue weighted by molar-refractivity contribution is -0.525. The third-order valence-electron chi connectivity index (χ3n) is 6.90. The standard InChI is InChI=1S/C25H30NO/c1-6-12-25(8-3)15-16(7-2)22-18-10-9-11-19-21(18)20(26(22)25)13-17-14-24(4,5)27-23(17)19/h7,9-11,13H,6,8,12,14-15H2,1-5H3/q+1/b16-7+. The number of nitrogens with zero attached hydrogens (tertiary/aromatic N) is 1. The second kappa shape index (κ2) is 5.47. The summed E-state index contributed by atoms with van der Waals surface area (Å²) >= 11 is 0. The van der Waals surface area contributed by atoms with Crippen LogP contribution in [0.3, 0.4) is 0 Å². The molecule has 0 N–H and O–H groups in total. The summed E-state index contributed by atoms with van der Waals surface area (Å²) < 4.78 is 9.12. The Hall–Kier alpha value is -2.09. The maximum absolute atomic E-state index is 6.40. The van der Waals surface area contributed by atoms with E-state index in [-0.39, 0.29) is 11.1 Å². The van der Waals surface area contributed by atoms with E-state index in [0.717, 1.165) is 18.6 Å². The summed E-state index contributed by atoms with van der Waals surface area (Å²) in [7, 11) is 0. The van der Waals surface area contributed by atoms with Crippen molar-refractivity contribution < 1.29 is 9.31 Å². The zero-order chi connectivity index (χ0) is 19.0. The molecular weight excluding hydrogens is 330 g/mol. The van der Waals surface area contributed by atoms with Crippen LogP contribution < -0.4 is 4.74 Å². The highest BCUT2D eigenvalue weighted by molar-refractivity contribution is 6.23. The zero-order valence-corrected chi connectivity index (χ0v) is 17.3. The second-order valence-corrected chi connectivity index (χ2v) is 9.15. The minimum absolute atomic E-state index is 0.111. The van der Waals surface area contributed by atoms with Gasteiger partial charge in [-0.25, -0.2) is 0 Å². The minimum atomic E-state index is -0.111. The molecule has 3 aliphatic rings. The number of hydrogen-bond acceptors (Lipinski definition) is 1. The van der Waals surface area contributed by atoms with Gasteiger partial charge >= 0.3 is 0 Å². The lowest BCUT2D eigenvalue weighted by atomic mass is 9.83. The lowest BCUT2D eigenvalue weighted by Crippen LogP contribution is -2.35. The Bertz CT molecular complexity index is 1040. The number of allylic oxidation sites excluding steroid dienone is 1. The van der Waals surface area contributed by atoms with Crippen LogP contribution in [0.2, 0.25) is 0 Å². The zero-order valence-electron chi connectivity index (χ0n) is 17.3. The van der Waals surface area contributed by atoms with Gasteiger partial charge in [0, 0.05) is 48.3 Å². The number of fused-ring (bicyclic) bond motifs is 4. The van der Waals surface area contributed by atoms with Crippen LogP contribution in [0.25, 0.3) is 10.8 Å². The Labute approximate surface area is 162 Å². The van der Waals surface area contributed by atoms with Crippen LogP contribution in [-0.4, -0.2) is 21.4 Å². The van der Waals surface area contributed by atoms with Crippen LogP contribution in [0.4, 0.5) is 5.69 Å². The van der Waals surface area contributed by atoms with Crippen LogP contribution >= 0.6 is 0 Å². The Kier molecular flexibility index (Phi) is 3.45. The third-order valence-corrected chi connectivity index (χ3v) is 6.90. The summed E-state index contributed by atoms with van der Waals surface area (Å²) in [4.78, 5) is 0. The van der Waals surface area contributed by atoms with Gasteiger partial charge in [-0.1, -0.05) is 32.1 Å². The lowest BCUT2D eigenvalue weighted by Gasteiger charge is -2.25. The van der Waals surface area contributed by atoms with Crippen molar-refractivity contribution >= 4 is 22.2 Å². The van der Waals surface area contributed by atoms with Gasteiger partial charge in [-0.05, 0) is 33.3 Å². The quantitative estimate of drug-likeness (QED) is 0.585. The van der Waals surface area contributed by atoms with Crippen molar-refractivity contribution in [2.45, 2.75) is 77.9 Å². The Balaban J connectivity index is 1.85. The van der Waals surface area contributed by atoms with Crippen molar-refractivity contribution in [3.8, 4) is 5.75 Å².